The average molecular weight is 342 g/mol. The summed E-state index contributed by atoms with van der Waals surface area (Å²) < 4.78 is 20.2. The zero-order valence-corrected chi connectivity index (χ0v) is 14.3. The second-order valence-corrected chi connectivity index (χ2v) is 5.70. The van der Waals surface area contributed by atoms with Crippen LogP contribution in [0.1, 0.15) is 18.1 Å². The monoisotopic (exact) mass is 342 g/mol. The zero-order chi connectivity index (χ0) is 18.0. The summed E-state index contributed by atoms with van der Waals surface area (Å²) >= 11 is 0. The van der Waals surface area contributed by atoms with Gasteiger partial charge in [-0.05, 0) is 19.8 Å². The lowest BCUT2D eigenvalue weighted by molar-refractivity contribution is 0.119. The average Bonchev–Trinajstić information content (AvgIpc) is 2.63. The molecule has 1 aliphatic rings. The molecular weight excluding hydrogens is 324 g/mol. The van der Waals surface area contributed by atoms with Crippen molar-refractivity contribution in [2.75, 3.05) is 14.2 Å². The number of methoxy groups -OCH3 is 2. The molecular formula is C19H18O6. The minimum atomic E-state index is -0.791. The molecule has 0 saturated heterocycles. The van der Waals surface area contributed by atoms with E-state index in [0.717, 1.165) is 16.7 Å². The number of carbonyl (C=O) groups is 2. The van der Waals surface area contributed by atoms with Crippen molar-refractivity contribution in [1.29, 1.82) is 0 Å². The quantitative estimate of drug-likeness (QED) is 0.463. The van der Waals surface area contributed by atoms with Crippen LogP contribution < -0.4 is 9.47 Å². The van der Waals surface area contributed by atoms with E-state index in [0.29, 0.717) is 35.1 Å². The summed E-state index contributed by atoms with van der Waals surface area (Å²) in [6.45, 7) is 2.00. The summed E-state index contributed by atoms with van der Waals surface area (Å²) in [5.41, 5.74) is 2.75. The van der Waals surface area contributed by atoms with Gasteiger partial charge in [-0.15, -0.1) is 0 Å². The molecule has 0 aromatic heterocycles. The van der Waals surface area contributed by atoms with E-state index < -0.39 is 12.3 Å². The molecule has 130 valence electrons. The van der Waals surface area contributed by atoms with Crippen LogP contribution in [0.15, 0.2) is 35.9 Å². The van der Waals surface area contributed by atoms with Gasteiger partial charge in [0, 0.05) is 21.9 Å². The fourth-order valence-corrected chi connectivity index (χ4v) is 2.99. The molecule has 0 unspecified atom stereocenters. The van der Waals surface area contributed by atoms with Gasteiger partial charge in [-0.1, -0.05) is 35.9 Å². The molecule has 6 heteroatoms. The Hall–Kier alpha value is -3.02. The van der Waals surface area contributed by atoms with Crippen LogP contribution in [0, 0.1) is 0 Å². The third-order valence-corrected chi connectivity index (χ3v) is 4.14. The third-order valence-electron chi connectivity index (χ3n) is 4.14. The van der Waals surface area contributed by atoms with Gasteiger partial charge >= 0.3 is 12.3 Å². The van der Waals surface area contributed by atoms with Crippen LogP contribution in [0.3, 0.4) is 0 Å². The van der Waals surface area contributed by atoms with Crippen molar-refractivity contribution >= 4 is 23.1 Å². The molecule has 25 heavy (non-hydrogen) atoms. The number of allylic oxidation sites excluding steroid dienone is 2. The first-order valence-corrected chi connectivity index (χ1v) is 7.78. The molecule has 0 heterocycles. The van der Waals surface area contributed by atoms with E-state index in [1.54, 1.807) is 0 Å². The summed E-state index contributed by atoms with van der Waals surface area (Å²) in [4.78, 5) is 23.5. The first-order valence-electron chi connectivity index (χ1n) is 7.78. The van der Waals surface area contributed by atoms with E-state index in [1.165, 1.54) is 14.2 Å². The van der Waals surface area contributed by atoms with Gasteiger partial charge < -0.3 is 18.9 Å². The number of hydrogen-bond donors (Lipinski definition) is 0. The molecule has 0 bridgehead atoms. The smallest absolute Gasteiger partial charge is 0.437 e. The topological polar surface area (TPSA) is 71.1 Å². The van der Waals surface area contributed by atoms with Crippen molar-refractivity contribution in [3.63, 3.8) is 0 Å². The van der Waals surface area contributed by atoms with Gasteiger partial charge in [-0.2, -0.15) is 0 Å². The number of hydrogen-bond acceptors (Lipinski definition) is 6. The van der Waals surface area contributed by atoms with Gasteiger partial charge in [0.1, 0.15) is 11.5 Å². The predicted octanol–water partition coefficient (Wildman–Crippen LogP) is 4.18. The van der Waals surface area contributed by atoms with Crippen LogP contribution in [-0.4, -0.2) is 26.5 Å². The molecule has 0 fully saturated rings. The Kier molecular flexibility index (Phi) is 4.61. The third kappa shape index (κ3) is 3.15. The summed E-state index contributed by atoms with van der Waals surface area (Å²) in [5, 5.41) is 1.33. The molecule has 0 saturated carbocycles. The van der Waals surface area contributed by atoms with Gasteiger partial charge in [0.05, 0.1) is 14.2 Å². The molecule has 0 amide bonds. The van der Waals surface area contributed by atoms with Crippen LogP contribution in [0.2, 0.25) is 0 Å². The molecule has 0 atom stereocenters. The fourth-order valence-electron chi connectivity index (χ4n) is 2.99. The van der Waals surface area contributed by atoms with Gasteiger partial charge in [-0.25, -0.2) is 9.59 Å². The van der Waals surface area contributed by atoms with Crippen molar-refractivity contribution in [2.45, 2.75) is 19.8 Å². The molecule has 2 aromatic rings. The number of rotatable bonds is 2. The Balaban J connectivity index is 2.29. The van der Waals surface area contributed by atoms with Crippen LogP contribution in [0.25, 0.3) is 10.8 Å². The van der Waals surface area contributed by atoms with E-state index in [-0.39, 0.29) is 0 Å². The van der Waals surface area contributed by atoms with Crippen molar-refractivity contribution < 1.29 is 28.5 Å². The number of benzene rings is 2. The lowest BCUT2D eigenvalue weighted by atomic mass is 9.87. The summed E-state index contributed by atoms with van der Waals surface area (Å²) in [6, 6.07) is 7.27. The molecule has 0 aliphatic heterocycles. The highest BCUT2D eigenvalue weighted by Crippen LogP contribution is 2.44. The lowest BCUT2D eigenvalue weighted by Gasteiger charge is -2.23. The summed E-state index contributed by atoms with van der Waals surface area (Å²) in [6.07, 6.45) is 1.63. The highest BCUT2D eigenvalue weighted by atomic mass is 16.7. The number of ether oxygens (including phenoxy) is 4. The van der Waals surface area contributed by atoms with Crippen LogP contribution in [-0.2, 0) is 22.3 Å². The molecule has 0 N–H and O–H groups in total. The Morgan fingerprint density at radius 1 is 0.880 bits per heavy atom. The molecule has 3 rings (SSSR count). The van der Waals surface area contributed by atoms with E-state index >= 15 is 0 Å². The van der Waals surface area contributed by atoms with Gasteiger partial charge in [-0.3, -0.25) is 0 Å². The molecule has 0 spiro atoms. The van der Waals surface area contributed by atoms with Gasteiger partial charge in [0.15, 0.2) is 0 Å². The Morgan fingerprint density at radius 3 is 1.92 bits per heavy atom. The van der Waals surface area contributed by atoms with Crippen LogP contribution in [0.5, 0.6) is 11.5 Å². The molecule has 6 nitrogen and oxygen atoms in total. The first kappa shape index (κ1) is 16.8. The van der Waals surface area contributed by atoms with E-state index in [2.05, 4.69) is 15.5 Å². The SMILES string of the molecule is COC(=O)Oc1c2c(c(OC(=O)OC)c3ccccc13)CC(C)=CC2. The Bertz CT molecular complexity index is 881. The van der Waals surface area contributed by atoms with Gasteiger partial charge in [0.2, 0.25) is 0 Å². The Morgan fingerprint density at radius 2 is 1.40 bits per heavy atom. The maximum atomic E-state index is 11.7. The van der Waals surface area contributed by atoms with Crippen molar-refractivity contribution in [2.24, 2.45) is 0 Å². The van der Waals surface area contributed by atoms with E-state index in [1.807, 2.05) is 31.2 Å². The Labute approximate surface area is 144 Å². The van der Waals surface area contributed by atoms with E-state index in [4.69, 9.17) is 9.47 Å². The van der Waals surface area contributed by atoms with Crippen molar-refractivity contribution in [3.05, 3.63) is 47.0 Å². The minimum Gasteiger partial charge on any atom is -0.437 e. The molecule has 0 radical (unpaired) electrons. The maximum Gasteiger partial charge on any atom is 0.513 e. The minimum absolute atomic E-state index is 0.429. The highest BCUT2D eigenvalue weighted by Gasteiger charge is 2.26. The second-order valence-electron chi connectivity index (χ2n) is 5.70. The van der Waals surface area contributed by atoms with Crippen LogP contribution in [0.4, 0.5) is 9.59 Å². The summed E-state index contributed by atoms with van der Waals surface area (Å²) in [7, 11) is 2.52. The second kappa shape index (κ2) is 6.84. The fraction of sp³-hybridized carbons (Fsp3) is 0.263. The predicted molar refractivity (Wildman–Crippen MR) is 91.2 cm³/mol. The zero-order valence-electron chi connectivity index (χ0n) is 14.3. The largest absolute Gasteiger partial charge is 0.513 e. The van der Waals surface area contributed by atoms with Crippen molar-refractivity contribution in [1.82, 2.24) is 0 Å². The highest BCUT2D eigenvalue weighted by molar-refractivity contribution is 5.98. The normalized spacial score (nSPS) is 12.8. The number of carbonyl (C=O) groups excluding carboxylic acids is 2. The molecule has 2 aromatic carbocycles. The number of fused-ring (bicyclic) bond motifs is 2. The van der Waals surface area contributed by atoms with Gasteiger partial charge in [0.25, 0.3) is 0 Å². The molecule has 1 aliphatic carbocycles. The summed E-state index contributed by atoms with van der Waals surface area (Å²) in [5.74, 6) is 0.862. The maximum absolute atomic E-state index is 11.7. The first-order chi connectivity index (χ1) is 12.0. The lowest BCUT2D eigenvalue weighted by Crippen LogP contribution is -2.15. The van der Waals surface area contributed by atoms with Crippen molar-refractivity contribution in [3.8, 4) is 11.5 Å². The van der Waals surface area contributed by atoms with Crippen LogP contribution >= 0.6 is 0 Å². The van der Waals surface area contributed by atoms with E-state index in [9.17, 15) is 9.59 Å². The standard InChI is InChI=1S/C19H18O6/c1-11-8-9-14-15(10-11)17(25-19(21)23-3)13-7-5-4-6-12(13)16(14)24-18(20)22-2/h4-8H,9-10H2,1-3H3.